The lowest BCUT2D eigenvalue weighted by atomic mass is 10.0. The number of aliphatic hydroxyl groups is 1. The maximum Gasteiger partial charge on any atom is 0.268 e. The van der Waals surface area contributed by atoms with Crippen LogP contribution < -0.4 is 10.2 Å². The van der Waals surface area contributed by atoms with Gasteiger partial charge in [0.1, 0.15) is 13.2 Å². The molecule has 0 aliphatic carbocycles. The van der Waals surface area contributed by atoms with Crippen LogP contribution in [-0.2, 0) is 18.4 Å². The second kappa shape index (κ2) is 26.9. The van der Waals surface area contributed by atoms with Gasteiger partial charge in [0, 0.05) is 6.42 Å². The molecule has 0 heterocycles. The quantitative estimate of drug-likeness (QED) is 0.0468. The highest BCUT2D eigenvalue weighted by molar-refractivity contribution is 7.45. The van der Waals surface area contributed by atoms with E-state index in [9.17, 15) is 19.4 Å². The molecule has 42 heavy (non-hydrogen) atoms. The van der Waals surface area contributed by atoms with Gasteiger partial charge < -0.3 is 28.8 Å². The normalized spacial score (nSPS) is 14.9. The van der Waals surface area contributed by atoms with Crippen LogP contribution in [0.2, 0.25) is 0 Å². The Kier molecular flexibility index (Phi) is 26.5. The zero-order valence-electron chi connectivity index (χ0n) is 28.2. The number of aliphatic hydroxyl groups excluding tert-OH is 1. The van der Waals surface area contributed by atoms with Crippen molar-refractivity contribution in [2.45, 2.75) is 167 Å². The number of phosphoric ester groups is 1. The predicted octanol–water partition coefficient (Wildman–Crippen LogP) is 7.66. The third-order valence-corrected chi connectivity index (χ3v) is 8.81. The summed E-state index contributed by atoms with van der Waals surface area (Å²) in [6, 6.07) is -0.788. The highest BCUT2D eigenvalue weighted by Crippen LogP contribution is 2.38. The summed E-state index contributed by atoms with van der Waals surface area (Å²) in [6.07, 6.45) is 24.0. The standard InChI is InChI=1S/C33H69N2O6P/c1-6-8-10-12-14-15-16-17-18-19-21-23-25-27-33(37)34-31(32(36)26-24-22-20-13-11-9-7-2)30-41-42(38,39)40-29-28-35(3,4)5/h31-32,36H,6-30H2,1-5H3,(H-,34,37,38,39). The highest BCUT2D eigenvalue weighted by atomic mass is 31.2. The van der Waals surface area contributed by atoms with Gasteiger partial charge in [0.05, 0.1) is 39.9 Å². The van der Waals surface area contributed by atoms with Gasteiger partial charge in [0.2, 0.25) is 5.91 Å². The fraction of sp³-hybridized carbons (Fsp3) is 0.970. The van der Waals surface area contributed by atoms with E-state index in [2.05, 4.69) is 19.2 Å². The van der Waals surface area contributed by atoms with E-state index in [1.165, 1.54) is 89.9 Å². The van der Waals surface area contributed by atoms with E-state index in [4.69, 9.17) is 9.05 Å². The molecule has 2 N–H and O–H groups in total. The molecule has 8 nitrogen and oxygen atoms in total. The van der Waals surface area contributed by atoms with Gasteiger partial charge >= 0.3 is 0 Å². The average molecular weight is 621 g/mol. The van der Waals surface area contributed by atoms with Crippen LogP contribution >= 0.6 is 7.82 Å². The van der Waals surface area contributed by atoms with Crippen molar-refractivity contribution in [2.24, 2.45) is 0 Å². The summed E-state index contributed by atoms with van der Waals surface area (Å²) in [6.45, 7) is 4.65. The number of nitrogens with zero attached hydrogens (tertiary/aromatic N) is 1. The molecule has 0 aromatic heterocycles. The number of amides is 1. The van der Waals surface area contributed by atoms with Crippen LogP contribution in [0.15, 0.2) is 0 Å². The molecule has 252 valence electrons. The Bertz CT molecular complexity index is 673. The SMILES string of the molecule is CCCCCCCCCCCCCCCC(=O)NC(COP(=O)([O-])OCC[N+](C)(C)C)C(O)CCCCCCCCC. The summed E-state index contributed by atoms with van der Waals surface area (Å²) in [7, 11) is 1.31. The molecular formula is C33H69N2O6P. The minimum atomic E-state index is -4.54. The molecule has 0 saturated carbocycles. The zero-order valence-corrected chi connectivity index (χ0v) is 29.1. The van der Waals surface area contributed by atoms with Gasteiger partial charge in [-0.15, -0.1) is 0 Å². The first-order valence-corrected chi connectivity index (χ1v) is 18.8. The molecule has 0 aromatic rings. The Morgan fingerprint density at radius 2 is 1.17 bits per heavy atom. The maximum atomic E-state index is 12.7. The summed E-state index contributed by atoms with van der Waals surface area (Å²) in [5.41, 5.74) is 0. The molecule has 0 rings (SSSR count). The van der Waals surface area contributed by atoms with E-state index in [0.717, 1.165) is 38.5 Å². The van der Waals surface area contributed by atoms with Crippen LogP contribution in [0.25, 0.3) is 0 Å². The number of rotatable bonds is 31. The van der Waals surface area contributed by atoms with Gasteiger partial charge in [0.15, 0.2) is 0 Å². The molecule has 0 aromatic carbocycles. The van der Waals surface area contributed by atoms with Crippen molar-refractivity contribution in [1.29, 1.82) is 0 Å². The maximum absolute atomic E-state index is 12.7. The van der Waals surface area contributed by atoms with Crippen molar-refractivity contribution < 1.29 is 32.9 Å². The molecule has 0 spiro atoms. The molecule has 0 saturated heterocycles. The molecule has 3 unspecified atom stereocenters. The van der Waals surface area contributed by atoms with Crippen molar-refractivity contribution in [3.05, 3.63) is 0 Å². The number of phosphoric acid groups is 1. The topological polar surface area (TPSA) is 108 Å². The van der Waals surface area contributed by atoms with Crippen molar-refractivity contribution in [3.8, 4) is 0 Å². The van der Waals surface area contributed by atoms with Gasteiger partial charge in [-0.1, -0.05) is 136 Å². The monoisotopic (exact) mass is 620 g/mol. The van der Waals surface area contributed by atoms with E-state index in [1.807, 2.05) is 21.1 Å². The second-order valence-electron chi connectivity index (χ2n) is 13.2. The predicted molar refractivity (Wildman–Crippen MR) is 173 cm³/mol. The number of carbonyl (C=O) groups is 1. The van der Waals surface area contributed by atoms with E-state index in [0.29, 0.717) is 23.9 Å². The van der Waals surface area contributed by atoms with Gasteiger partial charge in [0.25, 0.3) is 7.82 Å². The zero-order chi connectivity index (χ0) is 31.5. The molecule has 0 radical (unpaired) electrons. The van der Waals surface area contributed by atoms with Crippen LogP contribution in [0.3, 0.4) is 0 Å². The van der Waals surface area contributed by atoms with E-state index in [1.54, 1.807) is 0 Å². The summed E-state index contributed by atoms with van der Waals surface area (Å²) in [5, 5.41) is 13.7. The molecule has 0 fully saturated rings. The molecule has 9 heteroatoms. The van der Waals surface area contributed by atoms with Crippen LogP contribution in [0.1, 0.15) is 155 Å². The number of likely N-dealkylation sites (N-methyl/N-ethyl adjacent to an activating group) is 1. The van der Waals surface area contributed by atoms with Gasteiger partial charge in [-0.3, -0.25) is 9.36 Å². The first-order chi connectivity index (χ1) is 20.0. The number of nitrogens with one attached hydrogen (secondary N) is 1. The molecule has 1 amide bonds. The van der Waals surface area contributed by atoms with Crippen molar-refractivity contribution in [2.75, 3.05) is 40.9 Å². The first-order valence-electron chi connectivity index (χ1n) is 17.4. The first kappa shape index (κ1) is 41.5. The smallest absolute Gasteiger partial charge is 0.268 e. The number of unbranched alkanes of at least 4 members (excludes halogenated alkanes) is 18. The van der Waals surface area contributed by atoms with Crippen LogP contribution in [0.5, 0.6) is 0 Å². The average Bonchev–Trinajstić information content (AvgIpc) is 2.92. The van der Waals surface area contributed by atoms with Crippen molar-refractivity contribution >= 4 is 13.7 Å². The molecule has 3 atom stereocenters. The summed E-state index contributed by atoms with van der Waals surface area (Å²) in [5.74, 6) is -0.169. The lowest BCUT2D eigenvalue weighted by molar-refractivity contribution is -0.870. The minimum absolute atomic E-state index is 0.0148. The second-order valence-corrected chi connectivity index (χ2v) is 14.6. The van der Waals surface area contributed by atoms with Crippen LogP contribution in [0, 0.1) is 0 Å². The van der Waals surface area contributed by atoms with E-state index >= 15 is 0 Å². The van der Waals surface area contributed by atoms with Crippen molar-refractivity contribution in [1.82, 2.24) is 5.32 Å². The fourth-order valence-electron chi connectivity index (χ4n) is 4.98. The minimum Gasteiger partial charge on any atom is -0.756 e. The molecule has 0 aliphatic rings. The Balaban J connectivity index is 4.43. The number of carbonyl (C=O) groups excluding carboxylic acids is 1. The van der Waals surface area contributed by atoms with E-state index < -0.39 is 20.0 Å². The number of hydrogen-bond acceptors (Lipinski definition) is 6. The Morgan fingerprint density at radius 1 is 0.738 bits per heavy atom. The van der Waals surface area contributed by atoms with Crippen molar-refractivity contribution in [3.63, 3.8) is 0 Å². The number of quaternary nitrogens is 1. The molecular weight excluding hydrogens is 551 g/mol. The molecule has 0 bridgehead atoms. The van der Waals surface area contributed by atoms with Crippen LogP contribution in [0.4, 0.5) is 0 Å². The van der Waals surface area contributed by atoms with Gasteiger partial charge in [-0.25, -0.2) is 0 Å². The van der Waals surface area contributed by atoms with Crippen LogP contribution in [-0.4, -0.2) is 68.5 Å². The Hall–Kier alpha value is -0.500. The molecule has 0 aliphatic heterocycles. The third kappa shape index (κ3) is 28.3. The van der Waals surface area contributed by atoms with Gasteiger partial charge in [-0.2, -0.15) is 0 Å². The van der Waals surface area contributed by atoms with E-state index in [-0.39, 0.29) is 19.1 Å². The fourth-order valence-corrected chi connectivity index (χ4v) is 5.70. The summed E-state index contributed by atoms with van der Waals surface area (Å²) >= 11 is 0. The number of hydrogen-bond donors (Lipinski definition) is 2. The largest absolute Gasteiger partial charge is 0.756 e. The Morgan fingerprint density at radius 3 is 1.62 bits per heavy atom. The Labute approximate surface area is 259 Å². The third-order valence-electron chi connectivity index (χ3n) is 7.85. The van der Waals surface area contributed by atoms with Gasteiger partial charge in [-0.05, 0) is 12.8 Å². The lowest BCUT2D eigenvalue weighted by Crippen LogP contribution is -2.46. The highest BCUT2D eigenvalue weighted by Gasteiger charge is 2.24. The summed E-state index contributed by atoms with van der Waals surface area (Å²) < 4.78 is 23.0. The lowest BCUT2D eigenvalue weighted by Gasteiger charge is -2.30. The summed E-state index contributed by atoms with van der Waals surface area (Å²) in [4.78, 5) is 25.0.